The Labute approximate surface area is 128 Å². The van der Waals surface area contributed by atoms with Crippen molar-refractivity contribution in [2.75, 3.05) is 13.2 Å². The molecule has 0 radical (unpaired) electrons. The van der Waals surface area contributed by atoms with Crippen LogP contribution >= 0.6 is 0 Å². The molecule has 0 aromatic heterocycles. The van der Waals surface area contributed by atoms with E-state index in [1.54, 1.807) is 4.90 Å². The molecule has 2 amide bonds. The van der Waals surface area contributed by atoms with E-state index in [1.165, 1.54) is 0 Å². The van der Waals surface area contributed by atoms with Crippen LogP contribution in [0, 0.1) is 0 Å². The molecule has 0 N–H and O–H groups in total. The predicted molar refractivity (Wildman–Crippen MR) is 83.1 cm³/mol. The number of carbonyl (C=O) groups excluding carboxylic acids is 2. The summed E-state index contributed by atoms with van der Waals surface area (Å²) in [6, 6.07) is -0.0870. The number of hydrogen-bond donors (Lipinski definition) is 0. The Kier molecular flexibility index (Phi) is 6.99. The molecular weight excluding hydrogens is 268 g/mol. The molecule has 0 saturated carbocycles. The lowest BCUT2D eigenvalue weighted by atomic mass is 10.1. The van der Waals surface area contributed by atoms with Crippen molar-refractivity contribution in [3.63, 3.8) is 0 Å². The zero-order valence-electron chi connectivity index (χ0n) is 14.1. The van der Waals surface area contributed by atoms with Gasteiger partial charge in [-0.05, 0) is 47.0 Å². The van der Waals surface area contributed by atoms with Crippen LogP contribution < -0.4 is 0 Å². The number of nitrogens with zero attached hydrogens (tertiary/aromatic N) is 2. The van der Waals surface area contributed by atoms with Crippen LogP contribution in [0.3, 0.4) is 0 Å². The Morgan fingerprint density at radius 3 is 2.38 bits per heavy atom. The summed E-state index contributed by atoms with van der Waals surface area (Å²) in [5.74, 6) is 0.0462. The van der Waals surface area contributed by atoms with Crippen molar-refractivity contribution < 1.29 is 14.3 Å². The Hall–Kier alpha value is -1.26. The highest BCUT2D eigenvalue weighted by atomic mass is 16.6. The third-order valence-electron chi connectivity index (χ3n) is 3.86. The van der Waals surface area contributed by atoms with Gasteiger partial charge in [-0.3, -0.25) is 9.69 Å². The van der Waals surface area contributed by atoms with Gasteiger partial charge in [-0.1, -0.05) is 13.3 Å². The van der Waals surface area contributed by atoms with E-state index in [0.717, 1.165) is 25.7 Å². The third kappa shape index (κ3) is 4.61. The summed E-state index contributed by atoms with van der Waals surface area (Å²) >= 11 is 0. The van der Waals surface area contributed by atoms with Gasteiger partial charge in [-0.25, -0.2) is 4.79 Å². The van der Waals surface area contributed by atoms with Crippen molar-refractivity contribution in [3.05, 3.63) is 0 Å². The fraction of sp³-hybridized carbons (Fsp3) is 0.875. The van der Waals surface area contributed by atoms with Gasteiger partial charge in [0.15, 0.2) is 0 Å². The van der Waals surface area contributed by atoms with Crippen LogP contribution in [0.5, 0.6) is 0 Å². The normalized spacial score (nSPS) is 18.4. The van der Waals surface area contributed by atoms with Crippen LogP contribution in [0.2, 0.25) is 0 Å². The van der Waals surface area contributed by atoms with Crippen molar-refractivity contribution in [1.82, 2.24) is 9.80 Å². The van der Waals surface area contributed by atoms with Crippen molar-refractivity contribution in [3.8, 4) is 0 Å². The summed E-state index contributed by atoms with van der Waals surface area (Å²) in [6.07, 6.45) is 3.11. The Bertz CT molecular complexity index is 347. The highest BCUT2D eigenvalue weighted by molar-refractivity contribution is 5.86. The first-order chi connectivity index (χ1) is 9.90. The Morgan fingerprint density at radius 1 is 1.24 bits per heavy atom. The maximum Gasteiger partial charge on any atom is 0.410 e. The van der Waals surface area contributed by atoms with Gasteiger partial charge in [-0.2, -0.15) is 0 Å². The molecule has 1 rings (SSSR count). The van der Waals surface area contributed by atoms with Gasteiger partial charge in [0.2, 0.25) is 5.91 Å². The van der Waals surface area contributed by atoms with E-state index in [1.807, 2.05) is 32.6 Å². The van der Waals surface area contributed by atoms with Crippen molar-refractivity contribution in [2.45, 2.75) is 78.4 Å². The lowest BCUT2D eigenvalue weighted by Crippen LogP contribution is -2.52. The van der Waals surface area contributed by atoms with E-state index in [9.17, 15) is 9.59 Å². The predicted octanol–water partition coefficient (Wildman–Crippen LogP) is 3.03. The minimum Gasteiger partial charge on any atom is -0.449 e. The zero-order chi connectivity index (χ0) is 16.0. The number of rotatable bonds is 6. The molecule has 1 heterocycles. The van der Waals surface area contributed by atoms with Gasteiger partial charge < -0.3 is 9.64 Å². The van der Waals surface area contributed by atoms with Crippen molar-refractivity contribution >= 4 is 12.0 Å². The second-order valence-electron chi connectivity index (χ2n) is 6.25. The number of unbranched alkanes of at least 4 members (excludes halogenated alkanes) is 1. The molecule has 0 unspecified atom stereocenters. The van der Waals surface area contributed by atoms with Crippen molar-refractivity contribution in [2.24, 2.45) is 0 Å². The lowest BCUT2D eigenvalue weighted by Gasteiger charge is -2.35. The van der Waals surface area contributed by atoms with Crippen LogP contribution in [0.25, 0.3) is 0 Å². The molecule has 1 aliphatic heterocycles. The molecule has 0 aromatic rings. The highest BCUT2D eigenvalue weighted by Crippen LogP contribution is 2.22. The van der Waals surface area contributed by atoms with E-state index in [2.05, 4.69) is 6.92 Å². The summed E-state index contributed by atoms with van der Waals surface area (Å²) in [6.45, 7) is 11.1. The molecule has 1 atom stereocenters. The zero-order valence-corrected chi connectivity index (χ0v) is 14.1. The maximum atomic E-state index is 12.7. The molecule has 122 valence electrons. The lowest BCUT2D eigenvalue weighted by molar-refractivity contribution is -0.139. The molecule has 21 heavy (non-hydrogen) atoms. The van der Waals surface area contributed by atoms with E-state index in [4.69, 9.17) is 4.74 Å². The molecule has 5 nitrogen and oxygen atoms in total. The molecular formula is C16H30N2O3. The molecule has 0 bridgehead atoms. The number of amides is 2. The summed E-state index contributed by atoms with van der Waals surface area (Å²) in [5, 5.41) is 0. The highest BCUT2D eigenvalue weighted by Gasteiger charge is 2.38. The average molecular weight is 298 g/mol. The molecule has 0 aromatic carbocycles. The summed E-state index contributed by atoms with van der Waals surface area (Å²) in [4.78, 5) is 28.4. The second-order valence-corrected chi connectivity index (χ2v) is 6.25. The molecule has 1 fully saturated rings. The smallest absolute Gasteiger partial charge is 0.410 e. The van der Waals surface area contributed by atoms with Gasteiger partial charge >= 0.3 is 6.09 Å². The summed E-state index contributed by atoms with van der Waals surface area (Å²) < 4.78 is 5.26. The third-order valence-corrected chi connectivity index (χ3v) is 3.86. The van der Waals surface area contributed by atoms with Crippen LogP contribution in [0.15, 0.2) is 0 Å². The van der Waals surface area contributed by atoms with Gasteiger partial charge in [-0.15, -0.1) is 0 Å². The van der Waals surface area contributed by atoms with Gasteiger partial charge in [0.1, 0.15) is 6.04 Å². The van der Waals surface area contributed by atoms with E-state index in [0.29, 0.717) is 13.2 Å². The number of hydrogen-bond acceptors (Lipinski definition) is 3. The van der Waals surface area contributed by atoms with Crippen LogP contribution in [-0.4, -0.2) is 53.1 Å². The monoisotopic (exact) mass is 298 g/mol. The van der Waals surface area contributed by atoms with Gasteiger partial charge in [0.05, 0.1) is 6.61 Å². The number of likely N-dealkylation sites (tertiary alicyclic amines) is 1. The summed E-state index contributed by atoms with van der Waals surface area (Å²) in [7, 11) is 0. The molecule has 0 aliphatic carbocycles. The van der Waals surface area contributed by atoms with E-state index in [-0.39, 0.29) is 30.1 Å². The van der Waals surface area contributed by atoms with Gasteiger partial charge in [0, 0.05) is 18.6 Å². The van der Waals surface area contributed by atoms with Gasteiger partial charge in [0.25, 0.3) is 0 Å². The fourth-order valence-corrected chi connectivity index (χ4v) is 2.91. The van der Waals surface area contributed by atoms with Crippen LogP contribution in [0.1, 0.15) is 60.3 Å². The minimum atomic E-state index is -0.357. The number of ether oxygens (including phenoxy) is 1. The van der Waals surface area contributed by atoms with E-state index >= 15 is 0 Å². The largest absolute Gasteiger partial charge is 0.449 e. The Balaban J connectivity index is 2.71. The van der Waals surface area contributed by atoms with Crippen molar-refractivity contribution in [1.29, 1.82) is 0 Å². The standard InChI is InChI=1S/C16H30N2O3/c1-6-7-11-21-16(20)17-10-8-9-14(17)15(19)18(12(2)3)13(4)5/h12-14H,6-11H2,1-5H3/t14-/m0/s1. The maximum absolute atomic E-state index is 12.7. The average Bonchev–Trinajstić information content (AvgIpc) is 2.87. The first-order valence-corrected chi connectivity index (χ1v) is 8.15. The first-order valence-electron chi connectivity index (χ1n) is 8.15. The first kappa shape index (κ1) is 17.8. The van der Waals surface area contributed by atoms with Crippen LogP contribution in [-0.2, 0) is 9.53 Å². The second kappa shape index (κ2) is 8.25. The van der Waals surface area contributed by atoms with Crippen LogP contribution in [0.4, 0.5) is 4.79 Å². The molecule has 5 heteroatoms. The fourth-order valence-electron chi connectivity index (χ4n) is 2.91. The summed E-state index contributed by atoms with van der Waals surface area (Å²) in [5.41, 5.74) is 0. The van der Waals surface area contributed by atoms with E-state index < -0.39 is 0 Å². The SMILES string of the molecule is CCCCOC(=O)N1CCC[C@H]1C(=O)N(C(C)C)C(C)C. The Morgan fingerprint density at radius 2 is 1.86 bits per heavy atom. The quantitative estimate of drug-likeness (QED) is 0.708. The topological polar surface area (TPSA) is 49.9 Å². The molecule has 1 saturated heterocycles. The minimum absolute atomic E-state index is 0.0462. The number of carbonyl (C=O) groups is 2. The molecule has 1 aliphatic rings. The molecule has 0 spiro atoms.